The fourth-order valence-corrected chi connectivity index (χ4v) is 1.11. The Bertz CT molecular complexity index is 451. The third-order valence-electron chi connectivity index (χ3n) is 1.89. The van der Waals surface area contributed by atoms with Crippen molar-refractivity contribution in [3.8, 4) is 11.5 Å². The summed E-state index contributed by atoms with van der Waals surface area (Å²) >= 11 is 0. The maximum Gasteiger partial charge on any atom is 0.247 e. The van der Waals surface area contributed by atoms with E-state index in [1.54, 1.807) is 0 Å². The molecule has 0 spiro atoms. The first kappa shape index (κ1) is 9.79. The van der Waals surface area contributed by atoms with Gasteiger partial charge in [-0.05, 0) is 31.2 Å². The van der Waals surface area contributed by atoms with Gasteiger partial charge in [0.15, 0.2) is 0 Å². The lowest BCUT2D eigenvalue weighted by Gasteiger charge is -1.95. The van der Waals surface area contributed by atoms with E-state index < -0.39 is 6.10 Å². The molecule has 1 N–H and O–H groups in total. The van der Waals surface area contributed by atoms with Gasteiger partial charge in [-0.2, -0.15) is 0 Å². The van der Waals surface area contributed by atoms with Crippen LogP contribution in [0.1, 0.15) is 18.9 Å². The molecule has 78 valence electrons. The van der Waals surface area contributed by atoms with Gasteiger partial charge in [0.25, 0.3) is 0 Å². The molecule has 1 unspecified atom stereocenters. The normalized spacial score (nSPS) is 12.7. The van der Waals surface area contributed by atoms with Crippen LogP contribution in [0.5, 0.6) is 0 Å². The molecule has 2 aromatic rings. The van der Waals surface area contributed by atoms with Crippen molar-refractivity contribution in [3.05, 3.63) is 36.0 Å². The maximum atomic E-state index is 12.6. The summed E-state index contributed by atoms with van der Waals surface area (Å²) in [6.07, 6.45) is -0.799. The summed E-state index contributed by atoms with van der Waals surface area (Å²) in [6, 6.07) is 5.69. The van der Waals surface area contributed by atoms with E-state index in [2.05, 4.69) is 10.2 Å². The van der Waals surface area contributed by atoms with Crippen LogP contribution in [0.4, 0.5) is 4.39 Å². The van der Waals surface area contributed by atoms with Gasteiger partial charge in [0.1, 0.15) is 11.9 Å². The topological polar surface area (TPSA) is 59.2 Å². The number of aliphatic hydroxyl groups is 1. The highest BCUT2D eigenvalue weighted by molar-refractivity contribution is 5.51. The zero-order valence-corrected chi connectivity index (χ0v) is 8.01. The summed E-state index contributed by atoms with van der Waals surface area (Å²) in [5.74, 6) is 0.0919. The largest absolute Gasteiger partial charge is 0.418 e. The van der Waals surface area contributed by atoms with Gasteiger partial charge in [0, 0.05) is 5.56 Å². The summed E-state index contributed by atoms with van der Waals surface area (Å²) in [4.78, 5) is 0. The molecule has 1 heterocycles. The van der Waals surface area contributed by atoms with E-state index in [1.807, 2.05) is 0 Å². The Kier molecular flexibility index (Phi) is 2.47. The first-order valence-corrected chi connectivity index (χ1v) is 4.44. The third-order valence-corrected chi connectivity index (χ3v) is 1.89. The molecular formula is C10H9FN2O2. The zero-order valence-electron chi connectivity index (χ0n) is 8.01. The Balaban J connectivity index is 2.33. The predicted octanol–water partition coefficient (Wildman–Crippen LogP) is 1.93. The van der Waals surface area contributed by atoms with Gasteiger partial charge in [-0.3, -0.25) is 0 Å². The van der Waals surface area contributed by atoms with Gasteiger partial charge >= 0.3 is 0 Å². The van der Waals surface area contributed by atoms with Crippen molar-refractivity contribution in [2.45, 2.75) is 13.0 Å². The molecule has 5 heteroatoms. The summed E-state index contributed by atoms with van der Waals surface area (Å²) in [7, 11) is 0. The van der Waals surface area contributed by atoms with Gasteiger partial charge in [-0.1, -0.05) is 0 Å². The molecule has 0 aliphatic carbocycles. The minimum Gasteiger partial charge on any atom is -0.418 e. The van der Waals surface area contributed by atoms with E-state index in [0.717, 1.165) is 0 Å². The summed E-state index contributed by atoms with van der Waals surface area (Å²) in [5.41, 5.74) is 0.621. The highest BCUT2D eigenvalue weighted by atomic mass is 19.1. The summed E-state index contributed by atoms with van der Waals surface area (Å²) in [5, 5.41) is 16.6. The SMILES string of the molecule is CC(O)c1nnc(-c2ccc(F)cc2)o1. The summed E-state index contributed by atoms with van der Waals surface area (Å²) in [6.45, 7) is 1.53. The Morgan fingerprint density at radius 2 is 1.93 bits per heavy atom. The van der Waals surface area contributed by atoms with E-state index in [-0.39, 0.29) is 17.6 Å². The van der Waals surface area contributed by atoms with Crippen LogP contribution in [-0.2, 0) is 0 Å². The van der Waals surface area contributed by atoms with Crippen molar-refractivity contribution in [2.24, 2.45) is 0 Å². The molecule has 0 fully saturated rings. The second-order valence-electron chi connectivity index (χ2n) is 3.13. The number of rotatable bonds is 2. The van der Waals surface area contributed by atoms with Crippen molar-refractivity contribution < 1.29 is 13.9 Å². The standard InChI is InChI=1S/C10H9FN2O2/c1-6(14)9-12-13-10(15-9)7-2-4-8(11)5-3-7/h2-6,14H,1H3. The number of hydrogen-bond acceptors (Lipinski definition) is 4. The Morgan fingerprint density at radius 1 is 1.27 bits per heavy atom. The first-order valence-electron chi connectivity index (χ1n) is 4.44. The second kappa shape index (κ2) is 3.78. The molecule has 1 aromatic carbocycles. The van der Waals surface area contributed by atoms with E-state index >= 15 is 0 Å². The lowest BCUT2D eigenvalue weighted by Crippen LogP contribution is -1.89. The average Bonchev–Trinajstić information content (AvgIpc) is 2.68. The lowest BCUT2D eigenvalue weighted by atomic mass is 10.2. The molecular weight excluding hydrogens is 199 g/mol. The molecule has 0 aliphatic heterocycles. The van der Waals surface area contributed by atoms with Gasteiger partial charge in [0.05, 0.1) is 0 Å². The molecule has 0 amide bonds. The van der Waals surface area contributed by atoms with Crippen LogP contribution in [0, 0.1) is 5.82 Å². The van der Waals surface area contributed by atoms with Crippen molar-refractivity contribution in [2.75, 3.05) is 0 Å². The van der Waals surface area contributed by atoms with Gasteiger partial charge in [-0.15, -0.1) is 10.2 Å². The maximum absolute atomic E-state index is 12.6. The zero-order chi connectivity index (χ0) is 10.8. The third kappa shape index (κ3) is 2.02. The lowest BCUT2D eigenvalue weighted by molar-refractivity contribution is 0.163. The minimum absolute atomic E-state index is 0.148. The molecule has 0 saturated heterocycles. The van der Waals surface area contributed by atoms with Gasteiger partial charge < -0.3 is 9.52 Å². The van der Waals surface area contributed by atoms with Crippen LogP contribution < -0.4 is 0 Å². The van der Waals surface area contributed by atoms with Gasteiger partial charge in [0.2, 0.25) is 11.8 Å². The highest BCUT2D eigenvalue weighted by Crippen LogP contribution is 2.20. The van der Waals surface area contributed by atoms with Crippen LogP contribution in [0.3, 0.4) is 0 Å². The van der Waals surface area contributed by atoms with Crippen LogP contribution in [0.2, 0.25) is 0 Å². The van der Waals surface area contributed by atoms with Crippen molar-refractivity contribution >= 4 is 0 Å². The molecule has 15 heavy (non-hydrogen) atoms. The fourth-order valence-electron chi connectivity index (χ4n) is 1.11. The van der Waals surface area contributed by atoms with Crippen LogP contribution >= 0.6 is 0 Å². The number of hydrogen-bond donors (Lipinski definition) is 1. The van der Waals surface area contributed by atoms with Crippen LogP contribution in [-0.4, -0.2) is 15.3 Å². The van der Waals surface area contributed by atoms with Crippen molar-refractivity contribution in [3.63, 3.8) is 0 Å². The second-order valence-corrected chi connectivity index (χ2v) is 3.13. The van der Waals surface area contributed by atoms with Crippen molar-refractivity contribution in [1.29, 1.82) is 0 Å². The highest BCUT2D eigenvalue weighted by Gasteiger charge is 2.11. The number of benzene rings is 1. The smallest absolute Gasteiger partial charge is 0.247 e. The predicted molar refractivity (Wildman–Crippen MR) is 50.3 cm³/mol. The van der Waals surface area contributed by atoms with Crippen molar-refractivity contribution in [1.82, 2.24) is 10.2 Å². The van der Waals surface area contributed by atoms with E-state index in [9.17, 15) is 9.50 Å². The molecule has 1 aromatic heterocycles. The quantitative estimate of drug-likeness (QED) is 0.819. The molecule has 0 aliphatic rings. The monoisotopic (exact) mass is 208 g/mol. The molecule has 1 atom stereocenters. The van der Waals surface area contributed by atoms with E-state index in [4.69, 9.17) is 4.42 Å². The Hall–Kier alpha value is -1.75. The van der Waals surface area contributed by atoms with E-state index in [0.29, 0.717) is 5.56 Å². The number of aliphatic hydroxyl groups excluding tert-OH is 1. The average molecular weight is 208 g/mol. The summed E-state index contributed by atoms with van der Waals surface area (Å²) < 4.78 is 17.8. The number of aromatic nitrogens is 2. The van der Waals surface area contributed by atoms with Crippen LogP contribution in [0.15, 0.2) is 28.7 Å². The van der Waals surface area contributed by atoms with Gasteiger partial charge in [-0.25, -0.2) is 4.39 Å². The molecule has 2 rings (SSSR count). The molecule has 4 nitrogen and oxygen atoms in total. The molecule has 0 saturated carbocycles. The molecule has 0 bridgehead atoms. The van der Waals surface area contributed by atoms with Crippen LogP contribution in [0.25, 0.3) is 11.5 Å². The number of nitrogens with zero attached hydrogens (tertiary/aromatic N) is 2. The first-order chi connectivity index (χ1) is 7.16. The Labute approximate surface area is 85.4 Å². The molecule has 0 radical (unpaired) electrons. The van der Waals surface area contributed by atoms with E-state index in [1.165, 1.54) is 31.2 Å². The minimum atomic E-state index is -0.799. The number of halogens is 1. The Morgan fingerprint density at radius 3 is 2.47 bits per heavy atom. The fraction of sp³-hybridized carbons (Fsp3) is 0.200.